The molecule has 0 spiro atoms. The minimum absolute atomic E-state index is 0.0000362. The molecular weight excluding hydrogens is 742 g/mol. The maximum atomic E-state index is 12.1. The number of nitrogens with one attached hydrogen (secondary N) is 3. The third-order valence-electron chi connectivity index (χ3n) is 6.66. The summed E-state index contributed by atoms with van der Waals surface area (Å²) in [6, 6.07) is 0. The highest BCUT2D eigenvalue weighted by Gasteiger charge is 2.15. The molecule has 0 rings (SSSR count). The van der Waals surface area contributed by atoms with Crippen molar-refractivity contribution >= 4 is 53.1 Å². The van der Waals surface area contributed by atoms with Crippen LogP contribution >= 0.6 is 11.8 Å². The van der Waals surface area contributed by atoms with Crippen molar-refractivity contribution in [2.75, 3.05) is 110 Å². The Morgan fingerprint density at radius 3 is 1.26 bits per heavy atom. The topological polar surface area (TPSA) is 286 Å². The van der Waals surface area contributed by atoms with Crippen LogP contribution in [0.5, 0.6) is 0 Å². The summed E-state index contributed by atoms with van der Waals surface area (Å²) in [6.07, 6.45) is -0.0453. The van der Waals surface area contributed by atoms with Gasteiger partial charge in [-0.2, -0.15) is 0 Å². The van der Waals surface area contributed by atoms with Crippen LogP contribution in [-0.4, -0.2) is 193 Å². The number of carbonyl (C=O) groups excluding carboxylic acids is 7. The minimum atomic E-state index is -0.698. The molecule has 0 saturated carbocycles. The average Bonchev–Trinajstić information content (AvgIpc) is 3.14. The van der Waals surface area contributed by atoms with Crippen molar-refractivity contribution in [1.82, 2.24) is 36.2 Å². The number of hydrogen-bond donors (Lipinski definition) is 7. The van der Waals surface area contributed by atoms with Gasteiger partial charge in [0.25, 0.3) is 5.91 Å². The van der Waals surface area contributed by atoms with E-state index >= 15 is 0 Å². The maximum Gasteiger partial charge on any atom is 0.255 e. The molecule has 0 unspecified atom stereocenters. The Kier molecular flexibility index (Phi) is 30.5. The van der Waals surface area contributed by atoms with E-state index in [4.69, 9.17) is 18.9 Å². The van der Waals surface area contributed by atoms with Crippen LogP contribution in [0.2, 0.25) is 0 Å². The second-order valence-corrected chi connectivity index (χ2v) is 12.2. The van der Waals surface area contributed by atoms with Gasteiger partial charge in [0.15, 0.2) is 0 Å². The van der Waals surface area contributed by atoms with E-state index in [-0.39, 0.29) is 135 Å². The maximum absolute atomic E-state index is 12.1. The van der Waals surface area contributed by atoms with Crippen molar-refractivity contribution in [3.05, 3.63) is 0 Å². The molecule has 0 aliphatic carbocycles. The van der Waals surface area contributed by atoms with Crippen LogP contribution in [-0.2, 0) is 52.5 Å². The lowest BCUT2D eigenvalue weighted by Gasteiger charge is -2.16. The zero-order valence-electron chi connectivity index (χ0n) is 31.0. The van der Waals surface area contributed by atoms with Gasteiger partial charge >= 0.3 is 0 Å². The number of thioether (sulfide) groups is 1. The summed E-state index contributed by atoms with van der Waals surface area (Å²) in [5.74, 6) is -3.76. The number of rotatable bonds is 33. The second kappa shape index (κ2) is 32.7. The average molecular weight is 800 g/mol. The van der Waals surface area contributed by atoms with Crippen molar-refractivity contribution in [2.24, 2.45) is 0 Å². The fraction of sp³-hybridized carbons (Fsp3) is 0.774. The van der Waals surface area contributed by atoms with Gasteiger partial charge in [-0.1, -0.05) is 6.92 Å². The quantitative estimate of drug-likeness (QED) is 0.0215. The van der Waals surface area contributed by atoms with E-state index in [9.17, 15) is 54.4 Å². The largest absolute Gasteiger partial charge is 0.380 e. The molecule has 0 aromatic rings. The number of ether oxygens (including phenoxy) is 4. The Balaban J connectivity index is 3.80. The van der Waals surface area contributed by atoms with Crippen molar-refractivity contribution in [2.45, 2.75) is 46.0 Å². The van der Waals surface area contributed by atoms with Gasteiger partial charge in [0.2, 0.25) is 35.4 Å². The Labute approximate surface area is 318 Å². The molecule has 0 saturated heterocycles. The number of carbonyl (C=O) groups is 7. The van der Waals surface area contributed by atoms with E-state index in [1.54, 1.807) is 0 Å². The predicted octanol–water partition coefficient (Wildman–Crippen LogP) is -2.00. The van der Waals surface area contributed by atoms with Crippen LogP contribution < -0.4 is 16.0 Å². The van der Waals surface area contributed by atoms with Gasteiger partial charge in [0.05, 0.1) is 83.9 Å². The molecule has 0 bridgehead atoms. The zero-order chi connectivity index (χ0) is 40.6. The summed E-state index contributed by atoms with van der Waals surface area (Å²) in [6.45, 7) is 4.28. The Hall–Kier alpha value is -3.68. The van der Waals surface area contributed by atoms with Crippen molar-refractivity contribution in [1.29, 1.82) is 0 Å². The number of hydrogen-bond acceptors (Lipinski definition) is 16. The van der Waals surface area contributed by atoms with E-state index in [2.05, 4.69) is 16.0 Å². The summed E-state index contributed by atoms with van der Waals surface area (Å²) in [5, 5.41) is 48.1. The summed E-state index contributed by atoms with van der Waals surface area (Å²) < 4.78 is 20.9. The first-order valence-corrected chi connectivity index (χ1v) is 18.6. The summed E-state index contributed by atoms with van der Waals surface area (Å²) >= 11 is 1.04. The summed E-state index contributed by atoms with van der Waals surface area (Å²) in [7, 11) is 0. The van der Waals surface area contributed by atoms with E-state index in [0.717, 1.165) is 18.2 Å². The third kappa shape index (κ3) is 28.8. The van der Waals surface area contributed by atoms with Gasteiger partial charge in [-0.05, 0) is 6.42 Å². The van der Waals surface area contributed by atoms with Gasteiger partial charge in [-0.3, -0.25) is 54.4 Å². The molecule has 54 heavy (non-hydrogen) atoms. The lowest BCUT2D eigenvalue weighted by Crippen LogP contribution is -2.35. The third-order valence-corrected chi connectivity index (χ3v) is 7.58. The van der Waals surface area contributed by atoms with E-state index in [0.29, 0.717) is 26.9 Å². The Bertz CT molecular complexity index is 1120. The summed E-state index contributed by atoms with van der Waals surface area (Å²) in [5.41, 5.74) is 0. The second-order valence-electron chi connectivity index (χ2n) is 11.2. The smallest absolute Gasteiger partial charge is 0.255 e. The predicted molar refractivity (Wildman–Crippen MR) is 188 cm³/mol. The minimum Gasteiger partial charge on any atom is -0.380 e. The van der Waals surface area contributed by atoms with Crippen LogP contribution in [0.3, 0.4) is 0 Å². The van der Waals surface area contributed by atoms with Crippen LogP contribution in [0.15, 0.2) is 0 Å². The molecule has 7 N–H and O–H groups in total. The highest BCUT2D eigenvalue weighted by molar-refractivity contribution is 8.00. The van der Waals surface area contributed by atoms with Crippen molar-refractivity contribution < 1.29 is 73.3 Å². The summed E-state index contributed by atoms with van der Waals surface area (Å²) in [4.78, 5) is 82.4. The molecular formula is C31H57N7O15S. The van der Waals surface area contributed by atoms with Gasteiger partial charge in [0, 0.05) is 58.8 Å². The Morgan fingerprint density at radius 1 is 0.481 bits per heavy atom. The van der Waals surface area contributed by atoms with E-state index in [1.807, 2.05) is 6.92 Å². The molecule has 0 aliphatic rings. The number of nitrogens with zero attached hydrogens (tertiary/aromatic N) is 4. The van der Waals surface area contributed by atoms with E-state index in [1.165, 1.54) is 6.92 Å². The molecule has 23 heteroatoms. The van der Waals surface area contributed by atoms with Crippen LogP contribution in [0.25, 0.3) is 0 Å². The highest BCUT2D eigenvalue weighted by Crippen LogP contribution is 2.02. The molecule has 0 fully saturated rings. The molecule has 22 nitrogen and oxygen atoms in total. The van der Waals surface area contributed by atoms with Gasteiger partial charge < -0.3 is 34.9 Å². The van der Waals surface area contributed by atoms with Crippen LogP contribution in [0.4, 0.5) is 0 Å². The van der Waals surface area contributed by atoms with Crippen molar-refractivity contribution in [3.8, 4) is 0 Å². The molecule has 0 heterocycles. The fourth-order valence-corrected chi connectivity index (χ4v) is 4.42. The lowest BCUT2D eigenvalue weighted by atomic mass is 10.2. The molecule has 0 aromatic heterocycles. The van der Waals surface area contributed by atoms with E-state index < -0.39 is 35.4 Å². The molecule has 0 aliphatic heterocycles. The molecule has 0 radical (unpaired) electrons. The number of hydroxylamine groups is 8. The molecule has 0 aromatic carbocycles. The first-order chi connectivity index (χ1) is 25.8. The van der Waals surface area contributed by atoms with Gasteiger partial charge in [-0.25, -0.2) is 20.3 Å². The van der Waals surface area contributed by atoms with Gasteiger partial charge in [-0.15, -0.1) is 11.8 Å². The van der Waals surface area contributed by atoms with Crippen molar-refractivity contribution in [3.63, 3.8) is 0 Å². The Morgan fingerprint density at radius 2 is 0.852 bits per heavy atom. The van der Waals surface area contributed by atoms with Crippen LogP contribution in [0.1, 0.15) is 46.0 Å². The monoisotopic (exact) mass is 799 g/mol. The number of amides is 7. The standard InChI is InChI=1S/C31H57N7O15S/c1-3-15-50-20-14-38(49)31(45)24-54-23-28(42)34-10-18-53-22-13-37(48)30(44)7-5-27(41)33-9-17-52-21-12-36(47)29(43)6-4-26(40)32-8-16-51-19-11-35(46)25(2)39/h46-49H,3-24H2,1-2H3,(H,32,40)(H,33,41)(H,34,42). The molecule has 7 amide bonds. The van der Waals surface area contributed by atoms with Gasteiger partial charge in [0.1, 0.15) is 0 Å². The first-order valence-electron chi connectivity index (χ1n) is 17.4. The first kappa shape index (κ1) is 50.3. The molecule has 312 valence electrons. The SMILES string of the molecule is CCCOCCN(O)C(=O)CSCC(=O)NCCOCCN(O)C(=O)CCC(=O)NCCOCCN(O)C(=O)CCC(=O)NCCOCCN(O)C(C)=O. The molecule has 0 atom stereocenters. The van der Waals surface area contributed by atoms with Crippen LogP contribution in [0, 0.1) is 0 Å². The highest BCUT2D eigenvalue weighted by atomic mass is 32.2. The normalized spacial score (nSPS) is 10.7. The zero-order valence-corrected chi connectivity index (χ0v) is 31.8. The lowest BCUT2D eigenvalue weighted by molar-refractivity contribution is -0.168. The fourth-order valence-electron chi connectivity index (χ4n) is 3.71.